The molecule has 0 bridgehead atoms. The Kier molecular flexibility index (Phi) is 6.00. The standard InChI is InChI=1S/C20H24N2O2S/c1-15(25-16-8-4-3-5-9-16)20(23)22-13-12-21-14-18(22)17-10-6-7-11-19(17)24-2/h3-11,15,18,21H,12-14H2,1-2H3. The van der Waals surface area contributed by atoms with E-state index in [2.05, 4.69) is 5.32 Å². The van der Waals surface area contributed by atoms with E-state index in [0.29, 0.717) is 6.54 Å². The molecule has 2 aromatic rings. The Hall–Kier alpha value is -1.98. The van der Waals surface area contributed by atoms with Crippen LogP contribution in [0.5, 0.6) is 5.75 Å². The Balaban J connectivity index is 1.79. The van der Waals surface area contributed by atoms with Crippen molar-refractivity contribution in [1.29, 1.82) is 0 Å². The minimum absolute atomic E-state index is 0.00350. The van der Waals surface area contributed by atoms with Crippen molar-refractivity contribution in [1.82, 2.24) is 10.2 Å². The summed E-state index contributed by atoms with van der Waals surface area (Å²) >= 11 is 1.61. The molecule has 2 unspecified atom stereocenters. The maximum atomic E-state index is 13.1. The van der Waals surface area contributed by atoms with Crippen LogP contribution < -0.4 is 10.1 Å². The summed E-state index contributed by atoms with van der Waals surface area (Å²) in [7, 11) is 1.68. The van der Waals surface area contributed by atoms with E-state index in [9.17, 15) is 4.79 Å². The number of methoxy groups -OCH3 is 1. The maximum Gasteiger partial charge on any atom is 0.236 e. The fraction of sp³-hybridized carbons (Fsp3) is 0.350. The van der Waals surface area contributed by atoms with Crippen LogP contribution in [0.25, 0.3) is 0 Å². The minimum atomic E-state index is -0.127. The Morgan fingerprint density at radius 2 is 1.92 bits per heavy atom. The highest BCUT2D eigenvalue weighted by Gasteiger charge is 2.32. The minimum Gasteiger partial charge on any atom is -0.496 e. The van der Waals surface area contributed by atoms with Gasteiger partial charge in [-0.15, -0.1) is 11.8 Å². The second-order valence-corrected chi connectivity index (χ2v) is 7.48. The Morgan fingerprint density at radius 3 is 2.68 bits per heavy atom. The molecule has 0 aromatic heterocycles. The number of rotatable bonds is 5. The van der Waals surface area contributed by atoms with Crippen molar-refractivity contribution in [2.75, 3.05) is 26.7 Å². The van der Waals surface area contributed by atoms with Gasteiger partial charge in [0.2, 0.25) is 5.91 Å². The first-order chi connectivity index (χ1) is 12.2. The van der Waals surface area contributed by atoms with Gasteiger partial charge in [0.05, 0.1) is 18.4 Å². The van der Waals surface area contributed by atoms with Gasteiger partial charge in [-0.1, -0.05) is 36.4 Å². The fourth-order valence-corrected chi connectivity index (χ4v) is 4.13. The SMILES string of the molecule is COc1ccccc1C1CNCCN1C(=O)C(C)Sc1ccccc1. The number of para-hydroxylation sites is 1. The molecule has 0 aliphatic carbocycles. The van der Waals surface area contributed by atoms with Crippen molar-refractivity contribution >= 4 is 17.7 Å². The number of thioether (sulfide) groups is 1. The molecule has 1 saturated heterocycles. The quantitative estimate of drug-likeness (QED) is 0.834. The number of piperazine rings is 1. The summed E-state index contributed by atoms with van der Waals surface area (Å²) in [6, 6.07) is 18.0. The van der Waals surface area contributed by atoms with Crippen molar-refractivity contribution in [3.05, 3.63) is 60.2 Å². The zero-order valence-electron chi connectivity index (χ0n) is 14.6. The monoisotopic (exact) mass is 356 g/mol. The molecule has 1 heterocycles. The third-order valence-electron chi connectivity index (χ3n) is 4.43. The molecule has 0 radical (unpaired) electrons. The van der Waals surface area contributed by atoms with Gasteiger partial charge in [0.1, 0.15) is 5.75 Å². The predicted molar refractivity (Wildman–Crippen MR) is 102 cm³/mol. The Morgan fingerprint density at radius 1 is 1.20 bits per heavy atom. The highest BCUT2D eigenvalue weighted by Crippen LogP contribution is 2.32. The van der Waals surface area contributed by atoms with Crippen LogP contribution in [0.1, 0.15) is 18.5 Å². The van der Waals surface area contributed by atoms with E-state index in [1.54, 1.807) is 18.9 Å². The molecule has 1 fully saturated rings. The zero-order chi connectivity index (χ0) is 17.6. The molecule has 1 amide bonds. The number of nitrogens with zero attached hydrogens (tertiary/aromatic N) is 1. The number of hydrogen-bond donors (Lipinski definition) is 1. The van der Waals surface area contributed by atoms with E-state index in [1.165, 1.54) is 0 Å². The van der Waals surface area contributed by atoms with Crippen LogP contribution in [0.3, 0.4) is 0 Å². The van der Waals surface area contributed by atoms with Gasteiger partial charge in [0.15, 0.2) is 0 Å². The lowest BCUT2D eigenvalue weighted by atomic mass is 10.0. The summed E-state index contributed by atoms with van der Waals surface area (Å²) in [6.07, 6.45) is 0. The molecular weight excluding hydrogens is 332 g/mol. The number of ether oxygens (including phenoxy) is 1. The lowest BCUT2D eigenvalue weighted by Crippen LogP contribution is -2.50. The van der Waals surface area contributed by atoms with E-state index < -0.39 is 0 Å². The van der Waals surface area contributed by atoms with E-state index in [4.69, 9.17) is 4.74 Å². The lowest BCUT2D eigenvalue weighted by Gasteiger charge is -2.38. The molecule has 1 N–H and O–H groups in total. The molecule has 1 aliphatic rings. The molecule has 2 aromatic carbocycles. The Labute approximate surface area is 153 Å². The number of carbonyl (C=O) groups is 1. The average molecular weight is 356 g/mol. The first-order valence-electron chi connectivity index (χ1n) is 8.56. The largest absolute Gasteiger partial charge is 0.496 e. The second-order valence-electron chi connectivity index (χ2n) is 6.07. The van der Waals surface area contributed by atoms with Crippen molar-refractivity contribution in [2.24, 2.45) is 0 Å². The fourth-order valence-electron chi connectivity index (χ4n) is 3.17. The van der Waals surface area contributed by atoms with Crippen molar-refractivity contribution in [3.8, 4) is 5.75 Å². The smallest absolute Gasteiger partial charge is 0.236 e. The van der Waals surface area contributed by atoms with Gasteiger partial charge in [-0.05, 0) is 25.1 Å². The third kappa shape index (κ3) is 4.17. The zero-order valence-corrected chi connectivity index (χ0v) is 15.5. The van der Waals surface area contributed by atoms with Crippen molar-refractivity contribution in [3.63, 3.8) is 0 Å². The molecule has 0 spiro atoms. The Bertz CT molecular complexity index is 708. The predicted octanol–water partition coefficient (Wildman–Crippen LogP) is 3.35. The normalized spacial score (nSPS) is 18.6. The van der Waals surface area contributed by atoms with Gasteiger partial charge < -0.3 is 15.0 Å². The third-order valence-corrected chi connectivity index (χ3v) is 5.53. The second kappa shape index (κ2) is 8.41. The van der Waals surface area contributed by atoms with Gasteiger partial charge >= 0.3 is 0 Å². The molecule has 25 heavy (non-hydrogen) atoms. The van der Waals surface area contributed by atoms with Crippen LogP contribution in [-0.4, -0.2) is 42.8 Å². The number of nitrogens with one attached hydrogen (secondary N) is 1. The molecule has 0 saturated carbocycles. The highest BCUT2D eigenvalue weighted by atomic mass is 32.2. The van der Waals surface area contributed by atoms with E-state index in [0.717, 1.165) is 29.3 Å². The molecule has 3 rings (SSSR count). The first-order valence-corrected chi connectivity index (χ1v) is 9.44. The van der Waals surface area contributed by atoms with E-state index in [1.807, 2.05) is 66.4 Å². The number of hydrogen-bond acceptors (Lipinski definition) is 4. The van der Waals surface area contributed by atoms with E-state index in [-0.39, 0.29) is 17.2 Å². The molecular formula is C20H24N2O2S. The van der Waals surface area contributed by atoms with Crippen molar-refractivity contribution < 1.29 is 9.53 Å². The van der Waals surface area contributed by atoms with Crippen LogP contribution >= 0.6 is 11.8 Å². The van der Waals surface area contributed by atoms with Crippen LogP contribution in [0.2, 0.25) is 0 Å². The number of benzene rings is 2. The molecule has 5 heteroatoms. The van der Waals surface area contributed by atoms with Crippen LogP contribution in [-0.2, 0) is 4.79 Å². The van der Waals surface area contributed by atoms with Gasteiger partial charge in [-0.2, -0.15) is 0 Å². The summed E-state index contributed by atoms with van der Waals surface area (Å²) in [6.45, 7) is 4.26. The molecule has 1 aliphatic heterocycles. The lowest BCUT2D eigenvalue weighted by molar-refractivity contribution is -0.133. The van der Waals surface area contributed by atoms with Crippen LogP contribution in [0.4, 0.5) is 0 Å². The maximum absolute atomic E-state index is 13.1. The summed E-state index contributed by atoms with van der Waals surface area (Å²) < 4.78 is 5.51. The number of carbonyl (C=O) groups excluding carboxylic acids is 1. The molecule has 4 nitrogen and oxygen atoms in total. The topological polar surface area (TPSA) is 41.6 Å². The van der Waals surface area contributed by atoms with E-state index >= 15 is 0 Å². The first kappa shape index (κ1) is 17.8. The van der Waals surface area contributed by atoms with Crippen LogP contribution in [0.15, 0.2) is 59.5 Å². The van der Waals surface area contributed by atoms with Gasteiger partial charge in [-0.25, -0.2) is 0 Å². The van der Waals surface area contributed by atoms with Crippen molar-refractivity contribution in [2.45, 2.75) is 23.1 Å². The van der Waals surface area contributed by atoms with Gasteiger partial charge in [0, 0.05) is 30.1 Å². The molecule has 132 valence electrons. The van der Waals surface area contributed by atoms with Gasteiger partial charge in [0.25, 0.3) is 0 Å². The summed E-state index contributed by atoms with van der Waals surface area (Å²) in [4.78, 5) is 16.2. The highest BCUT2D eigenvalue weighted by molar-refractivity contribution is 8.00. The average Bonchev–Trinajstić information content (AvgIpc) is 2.68. The summed E-state index contributed by atoms with van der Waals surface area (Å²) in [5, 5.41) is 3.27. The summed E-state index contributed by atoms with van der Waals surface area (Å²) in [5.41, 5.74) is 1.06. The van der Waals surface area contributed by atoms with Crippen LogP contribution in [0, 0.1) is 0 Å². The molecule has 2 atom stereocenters. The summed E-state index contributed by atoms with van der Waals surface area (Å²) in [5.74, 6) is 1.00. The number of amides is 1. The van der Waals surface area contributed by atoms with Gasteiger partial charge in [-0.3, -0.25) is 4.79 Å².